The molecule has 0 saturated heterocycles. The van der Waals surface area contributed by atoms with Gasteiger partial charge in [0.05, 0.1) is 5.56 Å². The maximum absolute atomic E-state index is 13.3. The number of fused-ring (bicyclic) bond motifs is 1. The average Bonchev–Trinajstić information content (AvgIpc) is 2.91. The molecule has 0 atom stereocenters. The van der Waals surface area contributed by atoms with Crippen molar-refractivity contribution in [3.63, 3.8) is 0 Å². The van der Waals surface area contributed by atoms with Gasteiger partial charge in [-0.3, -0.25) is 0 Å². The first-order chi connectivity index (χ1) is 10.2. The third kappa shape index (κ3) is 2.51. The standard InChI is InChI=1S/C17H14FN3/c18-16-3-1-13(8-15(16)10-20)11-21-6-5-14-7-12(9-19)2-4-17(14)21/h1-8H,9,11,19H2. The number of nitrogens with two attached hydrogens (primary N) is 1. The molecule has 21 heavy (non-hydrogen) atoms. The molecule has 0 unspecified atom stereocenters. The summed E-state index contributed by atoms with van der Waals surface area (Å²) in [5, 5.41) is 10.0. The summed E-state index contributed by atoms with van der Waals surface area (Å²) in [6.07, 6.45) is 1.99. The predicted octanol–water partition coefficient (Wildman–Crippen LogP) is 3.16. The Morgan fingerprint density at radius 1 is 1.10 bits per heavy atom. The molecule has 0 amide bonds. The highest BCUT2D eigenvalue weighted by Crippen LogP contribution is 2.19. The number of hydrogen-bond acceptors (Lipinski definition) is 2. The van der Waals surface area contributed by atoms with Crippen LogP contribution in [0.25, 0.3) is 10.9 Å². The van der Waals surface area contributed by atoms with Crippen LogP contribution in [-0.4, -0.2) is 4.57 Å². The molecular formula is C17H14FN3. The van der Waals surface area contributed by atoms with Crippen molar-refractivity contribution in [3.05, 3.63) is 71.2 Å². The molecule has 0 bridgehead atoms. The molecule has 1 heterocycles. The summed E-state index contributed by atoms with van der Waals surface area (Å²) in [7, 11) is 0. The van der Waals surface area contributed by atoms with Gasteiger partial charge in [-0.2, -0.15) is 5.26 Å². The van der Waals surface area contributed by atoms with Crippen LogP contribution in [0.1, 0.15) is 16.7 Å². The first kappa shape index (κ1) is 13.3. The van der Waals surface area contributed by atoms with Gasteiger partial charge in [0.25, 0.3) is 0 Å². The molecular weight excluding hydrogens is 265 g/mol. The zero-order valence-corrected chi connectivity index (χ0v) is 11.4. The van der Waals surface area contributed by atoms with Crippen molar-refractivity contribution in [3.8, 4) is 6.07 Å². The lowest BCUT2D eigenvalue weighted by atomic mass is 10.1. The molecule has 2 aromatic carbocycles. The highest BCUT2D eigenvalue weighted by Gasteiger charge is 2.06. The van der Waals surface area contributed by atoms with Gasteiger partial charge in [-0.1, -0.05) is 12.1 Å². The van der Waals surface area contributed by atoms with Crippen LogP contribution in [0.15, 0.2) is 48.7 Å². The Bertz CT molecular complexity index is 843. The van der Waals surface area contributed by atoms with Gasteiger partial charge >= 0.3 is 0 Å². The fourth-order valence-electron chi connectivity index (χ4n) is 2.47. The van der Waals surface area contributed by atoms with Crippen LogP contribution in [0.5, 0.6) is 0 Å². The molecule has 3 nitrogen and oxygen atoms in total. The lowest BCUT2D eigenvalue weighted by molar-refractivity contribution is 0.622. The van der Waals surface area contributed by atoms with Crippen LogP contribution in [0.4, 0.5) is 4.39 Å². The number of aromatic nitrogens is 1. The van der Waals surface area contributed by atoms with Crippen LogP contribution in [0, 0.1) is 17.1 Å². The normalized spacial score (nSPS) is 10.7. The number of nitriles is 1. The molecule has 1 aromatic heterocycles. The van der Waals surface area contributed by atoms with Gasteiger partial charge in [0.15, 0.2) is 0 Å². The molecule has 3 rings (SSSR count). The molecule has 0 radical (unpaired) electrons. The SMILES string of the molecule is N#Cc1cc(Cn2ccc3cc(CN)ccc32)ccc1F. The van der Waals surface area contributed by atoms with Gasteiger partial charge in [0.1, 0.15) is 11.9 Å². The minimum Gasteiger partial charge on any atom is -0.343 e. The molecule has 0 aliphatic carbocycles. The van der Waals surface area contributed by atoms with E-state index in [2.05, 4.69) is 10.6 Å². The Labute approximate surface area is 122 Å². The summed E-state index contributed by atoms with van der Waals surface area (Å²) in [5.41, 5.74) is 8.80. The third-order valence-corrected chi connectivity index (χ3v) is 3.58. The number of halogens is 1. The highest BCUT2D eigenvalue weighted by atomic mass is 19.1. The largest absolute Gasteiger partial charge is 0.343 e. The zero-order valence-electron chi connectivity index (χ0n) is 11.4. The van der Waals surface area contributed by atoms with Gasteiger partial charge in [-0.15, -0.1) is 0 Å². The Hall–Kier alpha value is -2.64. The summed E-state index contributed by atoms with van der Waals surface area (Å²) in [5.74, 6) is -0.480. The van der Waals surface area contributed by atoms with Crippen LogP contribution in [0.3, 0.4) is 0 Å². The molecule has 4 heteroatoms. The van der Waals surface area contributed by atoms with E-state index in [1.54, 1.807) is 12.1 Å². The summed E-state index contributed by atoms with van der Waals surface area (Å²) < 4.78 is 15.4. The molecule has 0 saturated carbocycles. The van der Waals surface area contributed by atoms with Crippen molar-refractivity contribution >= 4 is 10.9 Å². The van der Waals surface area contributed by atoms with Gasteiger partial charge in [0, 0.05) is 24.8 Å². The fourth-order valence-corrected chi connectivity index (χ4v) is 2.47. The molecule has 2 N–H and O–H groups in total. The Morgan fingerprint density at radius 2 is 1.90 bits per heavy atom. The Balaban J connectivity index is 1.97. The second-order valence-corrected chi connectivity index (χ2v) is 4.97. The van der Waals surface area contributed by atoms with Crippen molar-refractivity contribution in [1.82, 2.24) is 4.57 Å². The first-order valence-corrected chi connectivity index (χ1v) is 6.67. The first-order valence-electron chi connectivity index (χ1n) is 6.67. The number of hydrogen-bond donors (Lipinski definition) is 1. The lowest BCUT2D eigenvalue weighted by Crippen LogP contribution is -2.00. The van der Waals surface area contributed by atoms with Gasteiger partial charge in [0.2, 0.25) is 0 Å². The Kier molecular flexibility index (Phi) is 3.43. The molecule has 0 spiro atoms. The van der Waals surface area contributed by atoms with Crippen LogP contribution < -0.4 is 5.73 Å². The third-order valence-electron chi connectivity index (χ3n) is 3.58. The highest BCUT2D eigenvalue weighted by molar-refractivity contribution is 5.81. The van der Waals surface area contributed by atoms with Crippen LogP contribution >= 0.6 is 0 Å². The van der Waals surface area contributed by atoms with E-state index < -0.39 is 5.82 Å². The van der Waals surface area contributed by atoms with E-state index in [1.807, 2.05) is 30.5 Å². The molecule has 0 fully saturated rings. The minimum absolute atomic E-state index is 0.0781. The average molecular weight is 279 g/mol. The van der Waals surface area contributed by atoms with Gasteiger partial charge < -0.3 is 10.3 Å². The molecule has 0 aliphatic rings. The van der Waals surface area contributed by atoms with E-state index in [9.17, 15) is 4.39 Å². The van der Waals surface area contributed by atoms with Gasteiger partial charge in [-0.25, -0.2) is 4.39 Å². The van der Waals surface area contributed by atoms with Crippen LogP contribution in [0.2, 0.25) is 0 Å². The quantitative estimate of drug-likeness (QED) is 0.800. The van der Waals surface area contributed by atoms with Crippen molar-refractivity contribution in [2.75, 3.05) is 0 Å². The van der Waals surface area contributed by atoms with Gasteiger partial charge in [-0.05, 0) is 46.8 Å². The molecule has 3 aromatic rings. The lowest BCUT2D eigenvalue weighted by Gasteiger charge is -2.07. The number of rotatable bonds is 3. The van der Waals surface area contributed by atoms with Crippen molar-refractivity contribution in [2.45, 2.75) is 13.1 Å². The van der Waals surface area contributed by atoms with Crippen LogP contribution in [-0.2, 0) is 13.1 Å². The van der Waals surface area contributed by atoms with Crippen molar-refractivity contribution in [2.24, 2.45) is 5.73 Å². The maximum Gasteiger partial charge on any atom is 0.140 e. The smallest absolute Gasteiger partial charge is 0.140 e. The topological polar surface area (TPSA) is 54.7 Å². The Morgan fingerprint density at radius 3 is 2.67 bits per heavy atom. The summed E-state index contributed by atoms with van der Waals surface area (Å²) in [6, 6.07) is 14.6. The van der Waals surface area contributed by atoms with E-state index in [-0.39, 0.29) is 5.56 Å². The second kappa shape index (κ2) is 5.39. The van der Waals surface area contributed by atoms with E-state index in [4.69, 9.17) is 11.0 Å². The molecule has 0 aliphatic heterocycles. The second-order valence-electron chi connectivity index (χ2n) is 4.97. The van der Waals surface area contributed by atoms with E-state index in [0.717, 1.165) is 22.0 Å². The van der Waals surface area contributed by atoms with Crippen molar-refractivity contribution < 1.29 is 4.39 Å². The number of nitrogens with zero attached hydrogens (tertiary/aromatic N) is 2. The summed E-state index contributed by atoms with van der Waals surface area (Å²) in [6.45, 7) is 1.12. The summed E-state index contributed by atoms with van der Waals surface area (Å²) >= 11 is 0. The number of benzene rings is 2. The van der Waals surface area contributed by atoms with E-state index >= 15 is 0 Å². The van der Waals surface area contributed by atoms with Crippen molar-refractivity contribution in [1.29, 1.82) is 5.26 Å². The van der Waals surface area contributed by atoms with E-state index in [0.29, 0.717) is 13.1 Å². The molecule has 104 valence electrons. The zero-order chi connectivity index (χ0) is 14.8. The van der Waals surface area contributed by atoms with E-state index in [1.165, 1.54) is 6.07 Å². The fraction of sp³-hybridized carbons (Fsp3) is 0.118. The minimum atomic E-state index is -0.480. The summed E-state index contributed by atoms with van der Waals surface area (Å²) in [4.78, 5) is 0. The predicted molar refractivity (Wildman–Crippen MR) is 80.0 cm³/mol. The monoisotopic (exact) mass is 279 g/mol. The maximum atomic E-state index is 13.3.